The molecule has 2 aromatic rings. The maximum atomic E-state index is 12.1. The molecule has 1 atom stereocenters. The van der Waals surface area contributed by atoms with Crippen molar-refractivity contribution in [2.75, 3.05) is 17.6 Å². The van der Waals surface area contributed by atoms with Gasteiger partial charge in [0.05, 0.1) is 17.3 Å². The highest BCUT2D eigenvalue weighted by atomic mass is 127. The molecule has 4 nitrogen and oxygen atoms in total. The number of guanidine groups is 1. The average molecular weight is 455 g/mol. The van der Waals surface area contributed by atoms with Gasteiger partial charge in [0.15, 0.2) is 5.96 Å². The molecule has 1 unspecified atom stereocenters. The maximum absolute atomic E-state index is 12.1. The summed E-state index contributed by atoms with van der Waals surface area (Å²) in [6.45, 7) is 0.436. The third-order valence-corrected chi connectivity index (χ3v) is 5.29. The minimum absolute atomic E-state index is 0. The maximum Gasteiger partial charge on any atom is 0.193 e. The van der Waals surface area contributed by atoms with Gasteiger partial charge in [-0.15, -0.1) is 24.0 Å². The van der Waals surface area contributed by atoms with Gasteiger partial charge in [0.25, 0.3) is 0 Å². The van der Waals surface area contributed by atoms with Gasteiger partial charge in [-0.05, 0) is 54.7 Å². The summed E-state index contributed by atoms with van der Waals surface area (Å²) in [5.41, 5.74) is 9.72. The molecule has 0 bridgehead atoms. The fourth-order valence-corrected chi connectivity index (χ4v) is 3.73. The van der Waals surface area contributed by atoms with Crippen LogP contribution < -0.4 is 11.1 Å². The molecule has 3 rings (SSSR count). The Morgan fingerprint density at radius 3 is 2.67 bits per heavy atom. The standard InChI is InChI=1S/C18H21N3OS.HI/c19-18(20-11-12-23(22)17-7-2-1-3-8-17)21-16-10-9-14-5-4-6-15(14)13-16;/h1-3,7-10,13H,4-6,11-12H2,(H3,19,20,21);1H. The fraction of sp³-hybridized carbons (Fsp3) is 0.278. The molecule has 0 saturated heterocycles. The number of aryl methyl sites for hydroxylation is 2. The van der Waals surface area contributed by atoms with Crippen LogP contribution in [-0.4, -0.2) is 22.5 Å². The number of halogens is 1. The van der Waals surface area contributed by atoms with E-state index in [9.17, 15) is 4.21 Å². The van der Waals surface area contributed by atoms with Crippen molar-refractivity contribution >= 4 is 46.4 Å². The smallest absolute Gasteiger partial charge is 0.193 e. The van der Waals surface area contributed by atoms with Crippen LogP contribution in [0, 0.1) is 0 Å². The number of rotatable bonds is 5. The number of nitrogens with zero attached hydrogens (tertiary/aromatic N) is 1. The molecule has 2 aromatic carbocycles. The number of hydrogen-bond acceptors (Lipinski definition) is 2. The molecule has 3 N–H and O–H groups in total. The van der Waals surface area contributed by atoms with E-state index >= 15 is 0 Å². The third-order valence-electron chi connectivity index (χ3n) is 3.94. The lowest BCUT2D eigenvalue weighted by molar-refractivity contribution is 0.683. The summed E-state index contributed by atoms with van der Waals surface area (Å²) in [6.07, 6.45) is 3.54. The highest BCUT2D eigenvalue weighted by molar-refractivity contribution is 14.0. The van der Waals surface area contributed by atoms with Crippen molar-refractivity contribution in [1.29, 1.82) is 0 Å². The van der Waals surface area contributed by atoms with Crippen molar-refractivity contribution in [2.45, 2.75) is 24.2 Å². The van der Waals surface area contributed by atoms with Crippen molar-refractivity contribution in [3.05, 3.63) is 59.7 Å². The van der Waals surface area contributed by atoms with Crippen LogP contribution in [0.2, 0.25) is 0 Å². The molecule has 0 spiro atoms. The topological polar surface area (TPSA) is 67.5 Å². The van der Waals surface area contributed by atoms with Crippen molar-refractivity contribution in [2.24, 2.45) is 10.7 Å². The van der Waals surface area contributed by atoms with E-state index in [4.69, 9.17) is 5.73 Å². The zero-order valence-electron chi connectivity index (χ0n) is 13.4. The van der Waals surface area contributed by atoms with Crippen LogP contribution in [0.25, 0.3) is 0 Å². The first-order chi connectivity index (χ1) is 11.2. The van der Waals surface area contributed by atoms with Gasteiger partial charge in [-0.3, -0.25) is 9.20 Å². The Bertz CT molecular complexity index is 734. The lowest BCUT2D eigenvalue weighted by Crippen LogP contribution is -2.23. The monoisotopic (exact) mass is 455 g/mol. The van der Waals surface area contributed by atoms with E-state index in [-0.39, 0.29) is 24.0 Å². The second-order valence-corrected chi connectivity index (χ2v) is 7.16. The largest absolute Gasteiger partial charge is 0.370 e. The first-order valence-corrected chi connectivity index (χ1v) is 9.16. The van der Waals surface area contributed by atoms with Gasteiger partial charge in [0.2, 0.25) is 0 Å². The van der Waals surface area contributed by atoms with E-state index in [2.05, 4.69) is 22.4 Å². The van der Waals surface area contributed by atoms with E-state index in [0.717, 1.165) is 17.0 Å². The SMILES string of the molecule is I.NC(=NCCS(=O)c1ccccc1)Nc1ccc2c(c1)CCC2. The molecule has 1 aliphatic carbocycles. The van der Waals surface area contributed by atoms with Crippen LogP contribution in [0.5, 0.6) is 0 Å². The Kier molecular flexibility index (Phi) is 7.23. The van der Waals surface area contributed by atoms with Crippen LogP contribution in [0.1, 0.15) is 17.5 Å². The number of hydrogen-bond donors (Lipinski definition) is 2. The number of anilines is 1. The average Bonchev–Trinajstić information content (AvgIpc) is 3.03. The predicted molar refractivity (Wildman–Crippen MR) is 112 cm³/mol. The summed E-state index contributed by atoms with van der Waals surface area (Å²) < 4.78 is 12.1. The molecular weight excluding hydrogens is 433 g/mol. The lowest BCUT2D eigenvalue weighted by atomic mass is 10.1. The van der Waals surface area contributed by atoms with E-state index in [1.807, 2.05) is 36.4 Å². The summed E-state index contributed by atoms with van der Waals surface area (Å²) in [7, 11) is -1.04. The molecule has 0 fully saturated rings. The van der Waals surface area contributed by atoms with Gasteiger partial charge in [0, 0.05) is 16.3 Å². The molecule has 1 aliphatic rings. The number of aliphatic imine (C=N–C) groups is 1. The zero-order chi connectivity index (χ0) is 16.1. The summed E-state index contributed by atoms with van der Waals surface area (Å²) in [5, 5.41) is 3.11. The van der Waals surface area contributed by atoms with E-state index in [0.29, 0.717) is 18.3 Å². The van der Waals surface area contributed by atoms with Gasteiger partial charge >= 0.3 is 0 Å². The van der Waals surface area contributed by atoms with Crippen LogP contribution in [0.15, 0.2) is 58.4 Å². The molecule has 0 saturated carbocycles. The summed E-state index contributed by atoms with van der Waals surface area (Å²) in [4.78, 5) is 5.10. The minimum atomic E-state index is -1.04. The van der Waals surface area contributed by atoms with Gasteiger partial charge in [-0.25, -0.2) is 0 Å². The number of benzene rings is 2. The second-order valence-electron chi connectivity index (χ2n) is 5.59. The minimum Gasteiger partial charge on any atom is -0.370 e. The van der Waals surface area contributed by atoms with Gasteiger partial charge in [-0.2, -0.15) is 0 Å². The van der Waals surface area contributed by atoms with E-state index in [1.54, 1.807) is 0 Å². The zero-order valence-corrected chi connectivity index (χ0v) is 16.6. The molecule has 0 amide bonds. The quantitative estimate of drug-likeness (QED) is 0.413. The first kappa shape index (κ1) is 18.9. The summed E-state index contributed by atoms with van der Waals surface area (Å²) in [5.74, 6) is 0.837. The van der Waals surface area contributed by atoms with Gasteiger partial charge in [-0.1, -0.05) is 24.3 Å². The summed E-state index contributed by atoms with van der Waals surface area (Å²) in [6, 6.07) is 15.8. The fourth-order valence-electron chi connectivity index (χ4n) is 2.78. The second kappa shape index (κ2) is 9.17. The summed E-state index contributed by atoms with van der Waals surface area (Å²) >= 11 is 0. The normalized spacial score (nSPS) is 14.6. The molecule has 0 aromatic heterocycles. The van der Waals surface area contributed by atoms with Crippen LogP contribution in [0.4, 0.5) is 5.69 Å². The Morgan fingerprint density at radius 1 is 1.12 bits per heavy atom. The van der Waals surface area contributed by atoms with Crippen molar-refractivity contribution in [3.63, 3.8) is 0 Å². The van der Waals surface area contributed by atoms with Gasteiger partial charge < -0.3 is 11.1 Å². The molecule has 128 valence electrons. The molecule has 0 radical (unpaired) electrons. The van der Waals surface area contributed by atoms with Crippen LogP contribution >= 0.6 is 24.0 Å². The Balaban J connectivity index is 0.00000208. The molecule has 6 heteroatoms. The lowest BCUT2D eigenvalue weighted by Gasteiger charge is -2.08. The highest BCUT2D eigenvalue weighted by Gasteiger charge is 2.10. The van der Waals surface area contributed by atoms with Crippen molar-refractivity contribution < 1.29 is 4.21 Å². The Hall–Kier alpha value is -1.41. The molecule has 0 aliphatic heterocycles. The number of nitrogens with two attached hydrogens (primary N) is 1. The van der Waals surface area contributed by atoms with Crippen molar-refractivity contribution in [1.82, 2.24) is 0 Å². The highest BCUT2D eigenvalue weighted by Crippen LogP contribution is 2.24. The van der Waals surface area contributed by atoms with Crippen molar-refractivity contribution in [3.8, 4) is 0 Å². The molecule has 24 heavy (non-hydrogen) atoms. The number of nitrogens with one attached hydrogen (secondary N) is 1. The van der Waals surface area contributed by atoms with E-state index < -0.39 is 10.8 Å². The molecular formula is C18H22IN3OS. The molecule has 0 heterocycles. The van der Waals surface area contributed by atoms with Crippen LogP contribution in [0.3, 0.4) is 0 Å². The Labute approximate surface area is 162 Å². The van der Waals surface area contributed by atoms with Gasteiger partial charge in [0.1, 0.15) is 0 Å². The predicted octanol–water partition coefficient (Wildman–Crippen LogP) is 3.33. The van der Waals surface area contributed by atoms with Crippen LogP contribution in [-0.2, 0) is 23.6 Å². The number of fused-ring (bicyclic) bond motifs is 1. The third kappa shape index (κ3) is 5.04. The van der Waals surface area contributed by atoms with E-state index in [1.165, 1.54) is 24.0 Å². The Morgan fingerprint density at radius 2 is 1.88 bits per heavy atom. The first-order valence-electron chi connectivity index (χ1n) is 7.84.